The summed E-state index contributed by atoms with van der Waals surface area (Å²) in [5.74, 6) is -0.856. The van der Waals surface area contributed by atoms with Gasteiger partial charge in [0.15, 0.2) is 0 Å². The summed E-state index contributed by atoms with van der Waals surface area (Å²) in [7, 11) is 0. The summed E-state index contributed by atoms with van der Waals surface area (Å²) in [4.78, 5) is 26.9. The number of hydrogen-bond acceptors (Lipinski definition) is 2. The van der Waals surface area contributed by atoms with Crippen molar-refractivity contribution in [3.63, 3.8) is 0 Å². The molecule has 1 fully saturated rings. The van der Waals surface area contributed by atoms with E-state index in [-0.39, 0.29) is 18.5 Å². The first kappa shape index (κ1) is 13.0. The van der Waals surface area contributed by atoms with Gasteiger partial charge in [-0.2, -0.15) is 0 Å². The third-order valence-corrected chi connectivity index (χ3v) is 3.92. The van der Waals surface area contributed by atoms with E-state index in [1.165, 1.54) is 5.56 Å². The number of anilines is 1. The van der Waals surface area contributed by atoms with Crippen molar-refractivity contribution in [2.75, 3.05) is 18.0 Å². The van der Waals surface area contributed by atoms with Gasteiger partial charge < -0.3 is 10.0 Å². The van der Waals surface area contributed by atoms with Gasteiger partial charge in [-0.1, -0.05) is 18.2 Å². The zero-order valence-corrected chi connectivity index (χ0v) is 11.3. The standard InChI is InChI=1S/C15H18N2O3/c18-14(19)8-10-16(12-5-6-12)15(20)17-9-7-11-3-1-2-4-13(11)17/h1-4,12H,5-10H2,(H,18,19). The zero-order chi connectivity index (χ0) is 14.1. The summed E-state index contributed by atoms with van der Waals surface area (Å²) in [6.45, 7) is 0.992. The minimum absolute atomic E-state index is 0.0116. The van der Waals surface area contributed by atoms with Gasteiger partial charge in [-0.05, 0) is 30.9 Å². The van der Waals surface area contributed by atoms with Crippen molar-refractivity contribution >= 4 is 17.7 Å². The molecule has 0 spiro atoms. The molecule has 1 N–H and O–H groups in total. The van der Waals surface area contributed by atoms with Crippen LogP contribution >= 0.6 is 0 Å². The van der Waals surface area contributed by atoms with Gasteiger partial charge in [0.25, 0.3) is 0 Å². The first-order chi connectivity index (χ1) is 9.66. The van der Waals surface area contributed by atoms with Crippen molar-refractivity contribution in [3.8, 4) is 0 Å². The van der Waals surface area contributed by atoms with E-state index < -0.39 is 5.97 Å². The fourth-order valence-corrected chi connectivity index (χ4v) is 2.73. The van der Waals surface area contributed by atoms with Crippen molar-refractivity contribution in [1.29, 1.82) is 0 Å². The lowest BCUT2D eigenvalue weighted by molar-refractivity contribution is -0.137. The average molecular weight is 274 g/mol. The number of urea groups is 1. The van der Waals surface area contributed by atoms with Gasteiger partial charge in [0.05, 0.1) is 6.42 Å². The summed E-state index contributed by atoms with van der Waals surface area (Å²) in [5, 5.41) is 8.82. The van der Waals surface area contributed by atoms with Crippen LogP contribution in [0.3, 0.4) is 0 Å². The second-order valence-electron chi connectivity index (χ2n) is 5.38. The Hall–Kier alpha value is -2.04. The number of nitrogens with zero attached hydrogens (tertiary/aromatic N) is 2. The summed E-state index contributed by atoms with van der Waals surface area (Å²) >= 11 is 0. The maximum Gasteiger partial charge on any atom is 0.324 e. The number of carbonyl (C=O) groups is 2. The topological polar surface area (TPSA) is 60.9 Å². The largest absolute Gasteiger partial charge is 0.481 e. The number of aliphatic carboxylic acids is 1. The molecule has 1 heterocycles. The van der Waals surface area contributed by atoms with Gasteiger partial charge in [0, 0.05) is 24.8 Å². The molecule has 1 aliphatic carbocycles. The first-order valence-electron chi connectivity index (χ1n) is 7.04. The van der Waals surface area contributed by atoms with Crippen LogP contribution in [0.15, 0.2) is 24.3 Å². The Morgan fingerprint density at radius 3 is 2.75 bits per heavy atom. The van der Waals surface area contributed by atoms with Crippen molar-refractivity contribution < 1.29 is 14.7 Å². The number of amides is 2. The van der Waals surface area contributed by atoms with E-state index in [2.05, 4.69) is 0 Å². The lowest BCUT2D eigenvalue weighted by atomic mass is 10.2. The molecule has 1 aliphatic heterocycles. The van der Waals surface area contributed by atoms with E-state index in [9.17, 15) is 9.59 Å². The Morgan fingerprint density at radius 1 is 1.30 bits per heavy atom. The van der Waals surface area contributed by atoms with E-state index in [1.54, 1.807) is 9.80 Å². The normalized spacial score (nSPS) is 16.9. The molecule has 20 heavy (non-hydrogen) atoms. The van der Waals surface area contributed by atoms with Crippen molar-refractivity contribution in [2.45, 2.75) is 31.7 Å². The van der Waals surface area contributed by atoms with Crippen molar-refractivity contribution in [2.24, 2.45) is 0 Å². The maximum atomic E-state index is 12.7. The fraction of sp³-hybridized carbons (Fsp3) is 0.467. The monoisotopic (exact) mass is 274 g/mol. The Labute approximate surface area is 117 Å². The molecule has 0 aromatic heterocycles. The van der Waals surface area contributed by atoms with Crippen LogP contribution in [-0.2, 0) is 11.2 Å². The molecule has 5 nitrogen and oxygen atoms in total. The first-order valence-corrected chi connectivity index (χ1v) is 7.04. The Bertz CT molecular complexity index is 540. The minimum atomic E-state index is -0.856. The number of fused-ring (bicyclic) bond motifs is 1. The lowest BCUT2D eigenvalue weighted by Gasteiger charge is -2.28. The van der Waals surface area contributed by atoms with Crippen LogP contribution in [0, 0.1) is 0 Å². The fourth-order valence-electron chi connectivity index (χ4n) is 2.73. The molecule has 2 aliphatic rings. The molecule has 0 radical (unpaired) electrons. The Kier molecular flexibility index (Phi) is 3.34. The highest BCUT2D eigenvalue weighted by Crippen LogP contribution is 2.32. The minimum Gasteiger partial charge on any atom is -0.481 e. The highest BCUT2D eigenvalue weighted by molar-refractivity contribution is 5.94. The maximum absolute atomic E-state index is 12.7. The van der Waals surface area contributed by atoms with E-state index in [0.29, 0.717) is 13.1 Å². The molecule has 1 aromatic carbocycles. The summed E-state index contributed by atoms with van der Waals surface area (Å²) in [6.07, 6.45) is 2.86. The predicted molar refractivity (Wildman–Crippen MR) is 74.9 cm³/mol. The number of carboxylic acids is 1. The molecule has 5 heteroatoms. The molecule has 3 rings (SSSR count). The molecule has 0 bridgehead atoms. The predicted octanol–water partition coefficient (Wildman–Crippen LogP) is 2.11. The average Bonchev–Trinajstić information content (AvgIpc) is 3.17. The number of carbonyl (C=O) groups excluding carboxylic acids is 1. The van der Waals surface area contributed by atoms with Crippen LogP contribution in [-0.4, -0.2) is 41.1 Å². The molecule has 106 valence electrons. The number of hydrogen-bond donors (Lipinski definition) is 1. The van der Waals surface area contributed by atoms with Gasteiger partial charge in [0.2, 0.25) is 0 Å². The number of carboxylic acid groups (broad SMARTS) is 1. The van der Waals surface area contributed by atoms with Gasteiger partial charge in [-0.3, -0.25) is 9.69 Å². The Morgan fingerprint density at radius 2 is 2.05 bits per heavy atom. The molecule has 0 atom stereocenters. The van der Waals surface area contributed by atoms with Crippen LogP contribution in [0.2, 0.25) is 0 Å². The lowest BCUT2D eigenvalue weighted by Crippen LogP contribution is -2.44. The molecule has 0 unspecified atom stereocenters. The van der Waals surface area contributed by atoms with Crippen LogP contribution in [0.5, 0.6) is 0 Å². The second kappa shape index (κ2) is 5.15. The van der Waals surface area contributed by atoms with Crippen LogP contribution in [0.1, 0.15) is 24.8 Å². The number of benzene rings is 1. The second-order valence-corrected chi connectivity index (χ2v) is 5.38. The van der Waals surface area contributed by atoms with E-state index >= 15 is 0 Å². The molecule has 1 aromatic rings. The summed E-state index contributed by atoms with van der Waals surface area (Å²) in [6, 6.07) is 8.11. The van der Waals surface area contributed by atoms with Gasteiger partial charge >= 0.3 is 12.0 Å². The highest BCUT2D eigenvalue weighted by atomic mass is 16.4. The van der Waals surface area contributed by atoms with Crippen LogP contribution in [0.4, 0.5) is 10.5 Å². The molecule has 1 saturated carbocycles. The third-order valence-electron chi connectivity index (χ3n) is 3.92. The van der Waals surface area contributed by atoms with Gasteiger partial charge in [-0.25, -0.2) is 4.79 Å². The van der Waals surface area contributed by atoms with Crippen LogP contribution < -0.4 is 4.90 Å². The van der Waals surface area contributed by atoms with Gasteiger partial charge in [0.1, 0.15) is 0 Å². The van der Waals surface area contributed by atoms with Crippen LogP contribution in [0.25, 0.3) is 0 Å². The Balaban J connectivity index is 1.75. The quantitative estimate of drug-likeness (QED) is 0.914. The summed E-state index contributed by atoms with van der Waals surface area (Å²) in [5.41, 5.74) is 2.16. The summed E-state index contributed by atoms with van der Waals surface area (Å²) < 4.78 is 0. The molecular formula is C15H18N2O3. The number of para-hydroxylation sites is 1. The zero-order valence-electron chi connectivity index (χ0n) is 11.3. The molecule has 0 saturated heterocycles. The smallest absolute Gasteiger partial charge is 0.324 e. The highest BCUT2D eigenvalue weighted by Gasteiger charge is 2.36. The molecule has 2 amide bonds. The SMILES string of the molecule is O=C(O)CCN(C(=O)N1CCc2ccccc21)C1CC1. The van der Waals surface area contributed by atoms with Crippen molar-refractivity contribution in [3.05, 3.63) is 29.8 Å². The van der Waals surface area contributed by atoms with Crippen molar-refractivity contribution in [1.82, 2.24) is 4.90 Å². The van der Waals surface area contributed by atoms with E-state index in [0.717, 1.165) is 24.9 Å². The van der Waals surface area contributed by atoms with E-state index in [4.69, 9.17) is 5.11 Å². The third kappa shape index (κ3) is 2.48. The number of rotatable bonds is 4. The van der Waals surface area contributed by atoms with Gasteiger partial charge in [-0.15, -0.1) is 0 Å². The molecular weight excluding hydrogens is 256 g/mol. The van der Waals surface area contributed by atoms with E-state index in [1.807, 2.05) is 24.3 Å².